The van der Waals surface area contributed by atoms with Gasteiger partial charge in [0.15, 0.2) is 0 Å². The summed E-state index contributed by atoms with van der Waals surface area (Å²) in [6.07, 6.45) is 0. The number of hydrogen-bond donors (Lipinski definition) is 0. The second-order valence-corrected chi connectivity index (χ2v) is 5.42. The van der Waals surface area contributed by atoms with E-state index in [2.05, 4.69) is 0 Å². The van der Waals surface area contributed by atoms with E-state index in [1.165, 1.54) is 18.4 Å². The lowest BCUT2D eigenvalue weighted by Gasteiger charge is -2.13. The third-order valence-corrected chi connectivity index (χ3v) is 4.08. The van der Waals surface area contributed by atoms with E-state index in [4.69, 9.17) is 11.6 Å². The zero-order valence-electron chi connectivity index (χ0n) is 8.07. The van der Waals surface area contributed by atoms with Crippen LogP contribution in [0.5, 0.6) is 0 Å². The predicted octanol–water partition coefficient (Wildman–Crippen LogP) is 1.68. The van der Waals surface area contributed by atoms with Gasteiger partial charge in [-0.3, -0.25) is 0 Å². The Balaban J connectivity index is 3.32. The number of alkyl halides is 1. The van der Waals surface area contributed by atoms with Crippen LogP contribution in [0.15, 0.2) is 29.2 Å². The maximum Gasteiger partial charge on any atom is 0.242 e. The molecule has 0 saturated carbocycles. The summed E-state index contributed by atoms with van der Waals surface area (Å²) in [5.74, 6) is 0.198. The van der Waals surface area contributed by atoms with Crippen LogP contribution in [0.2, 0.25) is 0 Å². The van der Waals surface area contributed by atoms with Gasteiger partial charge < -0.3 is 0 Å². The molecule has 1 aromatic carbocycles. The maximum absolute atomic E-state index is 11.8. The maximum atomic E-state index is 11.8. The highest BCUT2D eigenvalue weighted by Gasteiger charge is 2.19. The largest absolute Gasteiger partial charge is 0.242 e. The normalized spacial score (nSPS) is 12.0. The van der Waals surface area contributed by atoms with Gasteiger partial charge in [-0.2, -0.15) is 0 Å². The second kappa shape index (κ2) is 4.29. The summed E-state index contributed by atoms with van der Waals surface area (Å²) in [7, 11) is -0.370. The molecule has 0 bridgehead atoms. The molecular weight excluding hydrogens is 222 g/mol. The van der Waals surface area contributed by atoms with Gasteiger partial charge in [-0.05, 0) is 11.6 Å². The summed E-state index contributed by atoms with van der Waals surface area (Å²) >= 11 is 5.66. The average Bonchev–Trinajstić information content (AvgIpc) is 2.17. The first-order chi connectivity index (χ1) is 6.50. The topological polar surface area (TPSA) is 37.4 Å². The van der Waals surface area contributed by atoms with Gasteiger partial charge in [-0.25, -0.2) is 12.7 Å². The van der Waals surface area contributed by atoms with Gasteiger partial charge in [0, 0.05) is 20.0 Å². The molecule has 0 aliphatic rings. The summed E-state index contributed by atoms with van der Waals surface area (Å²) in [6.45, 7) is 0. The van der Waals surface area contributed by atoms with Crippen LogP contribution in [-0.4, -0.2) is 26.8 Å². The number of benzene rings is 1. The number of sulfonamides is 1. The number of halogens is 1. The van der Waals surface area contributed by atoms with Gasteiger partial charge in [0.05, 0.1) is 4.90 Å². The summed E-state index contributed by atoms with van der Waals surface area (Å²) in [5, 5.41) is 0. The molecule has 1 rings (SSSR count). The first kappa shape index (κ1) is 11.5. The van der Waals surface area contributed by atoms with Gasteiger partial charge in [0.2, 0.25) is 10.0 Å². The molecule has 0 amide bonds. The monoisotopic (exact) mass is 233 g/mol. The van der Waals surface area contributed by atoms with Crippen LogP contribution in [-0.2, 0) is 15.9 Å². The molecule has 0 fully saturated rings. The molecule has 0 radical (unpaired) electrons. The van der Waals surface area contributed by atoms with E-state index in [1.807, 2.05) is 0 Å². The van der Waals surface area contributed by atoms with Crippen molar-refractivity contribution in [3.63, 3.8) is 0 Å². The minimum Gasteiger partial charge on any atom is -0.207 e. The van der Waals surface area contributed by atoms with E-state index in [9.17, 15) is 8.42 Å². The fourth-order valence-corrected chi connectivity index (χ4v) is 2.49. The fraction of sp³-hybridized carbons (Fsp3) is 0.333. The SMILES string of the molecule is CN(C)S(=O)(=O)c1ccccc1CCl. The molecule has 1 aromatic rings. The molecule has 0 unspecified atom stereocenters. The highest BCUT2D eigenvalue weighted by atomic mass is 35.5. The summed E-state index contributed by atoms with van der Waals surface area (Å²) in [5.41, 5.74) is 0.628. The number of hydrogen-bond acceptors (Lipinski definition) is 2. The lowest BCUT2D eigenvalue weighted by atomic mass is 10.2. The van der Waals surface area contributed by atoms with E-state index in [0.29, 0.717) is 5.56 Å². The third-order valence-electron chi connectivity index (χ3n) is 1.88. The molecule has 14 heavy (non-hydrogen) atoms. The smallest absolute Gasteiger partial charge is 0.207 e. The summed E-state index contributed by atoms with van der Waals surface area (Å²) in [6, 6.07) is 6.73. The van der Waals surface area contributed by atoms with Gasteiger partial charge in [0.1, 0.15) is 0 Å². The van der Waals surface area contributed by atoms with Crippen LogP contribution in [0.25, 0.3) is 0 Å². The van der Waals surface area contributed by atoms with Crippen molar-refractivity contribution < 1.29 is 8.42 Å². The van der Waals surface area contributed by atoms with Gasteiger partial charge in [-0.1, -0.05) is 18.2 Å². The van der Waals surface area contributed by atoms with Crippen LogP contribution in [0.4, 0.5) is 0 Å². The van der Waals surface area contributed by atoms with E-state index in [0.717, 1.165) is 0 Å². The standard InChI is InChI=1S/C9H12ClNO2S/c1-11(2)14(12,13)9-6-4-3-5-8(9)7-10/h3-6H,7H2,1-2H3. The Morgan fingerprint density at radius 2 is 1.86 bits per heavy atom. The Kier molecular flexibility index (Phi) is 3.53. The van der Waals surface area contributed by atoms with Gasteiger partial charge >= 0.3 is 0 Å². The van der Waals surface area contributed by atoms with E-state index in [-0.39, 0.29) is 10.8 Å². The Hall–Kier alpha value is -0.580. The number of rotatable bonds is 3. The third kappa shape index (κ3) is 2.08. The molecule has 0 aromatic heterocycles. The minimum atomic E-state index is -3.37. The van der Waals surface area contributed by atoms with Crippen molar-refractivity contribution in [3.8, 4) is 0 Å². The van der Waals surface area contributed by atoms with Crippen LogP contribution < -0.4 is 0 Å². The molecule has 0 N–H and O–H groups in total. The van der Waals surface area contributed by atoms with Crippen molar-refractivity contribution in [2.45, 2.75) is 10.8 Å². The lowest BCUT2D eigenvalue weighted by Crippen LogP contribution is -2.23. The van der Waals surface area contributed by atoms with E-state index < -0.39 is 10.0 Å². The van der Waals surface area contributed by atoms with E-state index >= 15 is 0 Å². The van der Waals surface area contributed by atoms with Crippen LogP contribution in [0, 0.1) is 0 Å². The molecular formula is C9H12ClNO2S. The van der Waals surface area contributed by atoms with Crippen LogP contribution in [0.1, 0.15) is 5.56 Å². The average molecular weight is 234 g/mol. The van der Waals surface area contributed by atoms with Crippen LogP contribution in [0.3, 0.4) is 0 Å². The Bertz CT molecular complexity index is 415. The van der Waals surface area contributed by atoms with E-state index in [1.54, 1.807) is 24.3 Å². The molecule has 78 valence electrons. The second-order valence-electron chi connectivity index (χ2n) is 3.03. The van der Waals surface area contributed by atoms with Gasteiger partial charge in [-0.15, -0.1) is 11.6 Å². The summed E-state index contributed by atoms with van der Waals surface area (Å²) < 4.78 is 24.7. The van der Waals surface area contributed by atoms with Crippen molar-refractivity contribution in [1.82, 2.24) is 4.31 Å². The quantitative estimate of drug-likeness (QED) is 0.745. The van der Waals surface area contributed by atoms with Gasteiger partial charge in [0.25, 0.3) is 0 Å². The first-order valence-corrected chi connectivity index (χ1v) is 6.04. The highest BCUT2D eigenvalue weighted by molar-refractivity contribution is 7.89. The zero-order chi connectivity index (χ0) is 10.8. The molecule has 0 spiro atoms. The van der Waals surface area contributed by atoms with Crippen molar-refractivity contribution in [2.24, 2.45) is 0 Å². The molecule has 5 heteroatoms. The summed E-state index contributed by atoms with van der Waals surface area (Å²) in [4.78, 5) is 0.278. The Labute approximate surface area is 89.4 Å². The molecule has 3 nitrogen and oxygen atoms in total. The predicted molar refractivity (Wildman–Crippen MR) is 56.9 cm³/mol. The lowest BCUT2D eigenvalue weighted by molar-refractivity contribution is 0.520. The van der Waals surface area contributed by atoms with Crippen molar-refractivity contribution in [1.29, 1.82) is 0 Å². The minimum absolute atomic E-state index is 0.198. The Morgan fingerprint density at radius 3 is 2.36 bits per heavy atom. The van der Waals surface area contributed by atoms with Crippen molar-refractivity contribution in [3.05, 3.63) is 29.8 Å². The van der Waals surface area contributed by atoms with Crippen molar-refractivity contribution >= 4 is 21.6 Å². The molecule has 0 aliphatic heterocycles. The Morgan fingerprint density at radius 1 is 1.29 bits per heavy atom. The van der Waals surface area contributed by atoms with Crippen LogP contribution >= 0.6 is 11.6 Å². The molecule has 0 heterocycles. The number of nitrogens with zero attached hydrogens (tertiary/aromatic N) is 1. The molecule has 0 saturated heterocycles. The fourth-order valence-electron chi connectivity index (χ4n) is 1.06. The molecule has 0 aliphatic carbocycles. The molecule has 0 atom stereocenters. The first-order valence-electron chi connectivity index (χ1n) is 4.06. The van der Waals surface area contributed by atoms with Crippen molar-refractivity contribution in [2.75, 3.05) is 14.1 Å². The highest BCUT2D eigenvalue weighted by Crippen LogP contribution is 2.19. The zero-order valence-corrected chi connectivity index (χ0v) is 9.64.